The number of fused-ring (bicyclic) bond motifs is 11. The third kappa shape index (κ3) is 12.0. The molecule has 58 heavy (non-hydrogen) atoms. The highest BCUT2D eigenvalue weighted by atomic mass is 16.5. The third-order valence-corrected chi connectivity index (χ3v) is 14.6. The largest absolute Gasteiger partial charge is 0.378 e. The zero-order valence-corrected chi connectivity index (χ0v) is 40.3. The lowest BCUT2D eigenvalue weighted by Gasteiger charge is -2.51. The second kappa shape index (κ2) is 18.4. The number of likely N-dealkylation sites (tertiary alicyclic amines) is 3. The zero-order valence-electron chi connectivity index (χ0n) is 40.3. The van der Waals surface area contributed by atoms with E-state index in [1.807, 2.05) is 0 Å². The molecule has 11 heterocycles. The van der Waals surface area contributed by atoms with Gasteiger partial charge in [-0.05, 0) is 155 Å². The standard InChI is InChI=1S/3C10H19NO.2C9H17NO/c1-10(2,3)11-6-9-5-4-8(11)7-12-9;1-10(2,3)11-8-4-5-9(11)7-12-6-8;1-10(2,3)11-6-8-4-5-9(7-11)12-8;2*1-9(2,3)10-5-8-4-7(10)6-11-8/h3*8-9H,4-7H2,1-3H3;2*7-8H,4-6H2,1-3H3. The van der Waals surface area contributed by atoms with Gasteiger partial charge in [-0.3, -0.25) is 24.5 Å². The molecule has 0 aliphatic carbocycles. The van der Waals surface area contributed by atoms with Crippen LogP contribution in [0.25, 0.3) is 0 Å². The van der Waals surface area contributed by atoms with Crippen molar-refractivity contribution in [3.63, 3.8) is 0 Å². The van der Waals surface area contributed by atoms with E-state index in [1.54, 1.807) is 0 Å². The van der Waals surface area contributed by atoms with E-state index in [0.29, 0.717) is 88.4 Å². The summed E-state index contributed by atoms with van der Waals surface area (Å²) in [6.07, 6.45) is 13.0. The molecule has 11 rings (SSSR count). The fourth-order valence-corrected chi connectivity index (χ4v) is 11.7. The van der Waals surface area contributed by atoms with E-state index in [9.17, 15) is 0 Å². The van der Waals surface area contributed by atoms with Crippen LogP contribution in [-0.2, 0) is 23.7 Å². The first-order valence-electron chi connectivity index (χ1n) is 23.8. The van der Waals surface area contributed by atoms with Crippen molar-refractivity contribution in [2.24, 2.45) is 0 Å². The van der Waals surface area contributed by atoms with Crippen molar-refractivity contribution in [1.82, 2.24) is 24.5 Å². The lowest BCUT2D eigenvalue weighted by atomic mass is 9.91. The molecule has 0 N–H and O–H groups in total. The maximum atomic E-state index is 5.78. The van der Waals surface area contributed by atoms with Gasteiger partial charge in [-0.2, -0.15) is 0 Å². The summed E-state index contributed by atoms with van der Waals surface area (Å²) in [6.45, 7) is 44.9. The molecule has 0 spiro atoms. The quantitative estimate of drug-likeness (QED) is 0.247. The molecule has 0 radical (unpaired) electrons. The van der Waals surface area contributed by atoms with E-state index in [1.165, 1.54) is 51.4 Å². The fraction of sp³-hybridized carbons (Fsp3) is 1.00. The van der Waals surface area contributed by atoms with Gasteiger partial charge in [-0.25, -0.2) is 0 Å². The summed E-state index contributed by atoms with van der Waals surface area (Å²) in [5.41, 5.74) is 1.65. The predicted octanol–water partition coefficient (Wildman–Crippen LogP) is 7.46. The van der Waals surface area contributed by atoms with Crippen LogP contribution in [0, 0.1) is 0 Å². The minimum atomic E-state index is 0.324. The molecular weight excluding hydrogens is 727 g/mol. The topological polar surface area (TPSA) is 62.3 Å². The SMILES string of the molecule is CC(C)(C)N1C2CCC1COC2.CC(C)(C)N1CC2CC1CO2.CC(C)(C)N1CC2CC1CO2.CC(C)(C)N1CC2CCC(C1)O2.CC(C)(C)N1CC2CCC1CO2. The van der Waals surface area contributed by atoms with Gasteiger partial charge in [-0.15, -0.1) is 0 Å². The Morgan fingerprint density at radius 2 is 0.724 bits per heavy atom. The third-order valence-electron chi connectivity index (χ3n) is 14.6. The maximum absolute atomic E-state index is 5.78. The van der Waals surface area contributed by atoms with E-state index in [4.69, 9.17) is 23.7 Å². The van der Waals surface area contributed by atoms with Crippen LogP contribution in [0.5, 0.6) is 0 Å². The van der Waals surface area contributed by atoms with Crippen molar-refractivity contribution in [1.29, 1.82) is 0 Å². The molecule has 0 aromatic heterocycles. The molecule has 338 valence electrons. The Bertz CT molecular complexity index is 1220. The van der Waals surface area contributed by atoms with Gasteiger partial charge in [0, 0.05) is 90.6 Å². The number of hydrogen-bond acceptors (Lipinski definition) is 10. The average molecular weight is 818 g/mol. The van der Waals surface area contributed by atoms with Crippen molar-refractivity contribution in [2.75, 3.05) is 65.8 Å². The average Bonchev–Trinajstić information content (AvgIpc) is 4.01. The van der Waals surface area contributed by atoms with Crippen molar-refractivity contribution in [2.45, 2.75) is 244 Å². The van der Waals surface area contributed by atoms with E-state index < -0.39 is 0 Å². The first-order valence-corrected chi connectivity index (χ1v) is 23.8. The molecule has 10 unspecified atom stereocenters. The molecule has 10 heteroatoms. The van der Waals surface area contributed by atoms with Crippen molar-refractivity contribution in [3.05, 3.63) is 0 Å². The van der Waals surface area contributed by atoms with Gasteiger partial charge in [-0.1, -0.05) is 0 Å². The van der Waals surface area contributed by atoms with Crippen molar-refractivity contribution in [3.8, 4) is 0 Å². The highest BCUT2D eigenvalue weighted by Gasteiger charge is 2.46. The van der Waals surface area contributed by atoms with E-state index >= 15 is 0 Å². The Balaban J connectivity index is 0.000000122. The summed E-state index contributed by atoms with van der Waals surface area (Å²) < 4.78 is 28.1. The Hall–Kier alpha value is -0.400. The number of morpholine rings is 5. The molecule has 10 atom stereocenters. The van der Waals surface area contributed by atoms with Gasteiger partial charge < -0.3 is 23.7 Å². The van der Waals surface area contributed by atoms with Gasteiger partial charge in [0.1, 0.15) is 0 Å². The molecule has 11 saturated heterocycles. The summed E-state index contributed by atoms with van der Waals surface area (Å²) in [6, 6.07) is 3.50. The molecule has 0 aromatic rings. The molecule has 11 aliphatic heterocycles. The van der Waals surface area contributed by atoms with E-state index in [2.05, 4.69) is 128 Å². The number of hydrogen-bond donors (Lipinski definition) is 0. The van der Waals surface area contributed by atoms with Gasteiger partial charge in [0.05, 0.1) is 63.6 Å². The Kier molecular flexibility index (Phi) is 14.9. The highest BCUT2D eigenvalue weighted by molar-refractivity contribution is 4.99. The number of piperidine rings is 1. The maximum Gasteiger partial charge on any atom is 0.0718 e. The molecule has 11 aliphatic rings. The highest BCUT2D eigenvalue weighted by Crippen LogP contribution is 2.37. The summed E-state index contributed by atoms with van der Waals surface area (Å²) in [4.78, 5) is 12.9. The van der Waals surface area contributed by atoms with Crippen LogP contribution in [0.2, 0.25) is 0 Å². The predicted molar refractivity (Wildman–Crippen MR) is 237 cm³/mol. The van der Waals surface area contributed by atoms with Gasteiger partial charge in [0.25, 0.3) is 0 Å². The van der Waals surface area contributed by atoms with E-state index in [0.717, 1.165) is 65.8 Å². The summed E-state index contributed by atoms with van der Waals surface area (Å²) in [7, 11) is 0. The zero-order chi connectivity index (χ0) is 42.4. The number of nitrogens with zero attached hydrogens (tertiary/aromatic N) is 5. The Morgan fingerprint density at radius 3 is 0.983 bits per heavy atom. The molecule has 10 nitrogen and oxygen atoms in total. The molecule has 0 aromatic carbocycles. The monoisotopic (exact) mass is 818 g/mol. The molecule has 11 fully saturated rings. The minimum absolute atomic E-state index is 0.324. The minimum Gasteiger partial charge on any atom is -0.378 e. The van der Waals surface area contributed by atoms with Crippen LogP contribution in [0.4, 0.5) is 0 Å². The molecule has 0 saturated carbocycles. The summed E-state index contributed by atoms with van der Waals surface area (Å²) in [5.74, 6) is 0. The summed E-state index contributed by atoms with van der Waals surface area (Å²) in [5, 5.41) is 0. The van der Waals surface area contributed by atoms with Crippen molar-refractivity contribution >= 4 is 0 Å². The smallest absolute Gasteiger partial charge is 0.0718 e. The normalized spacial score (nSPS) is 37.7. The molecule has 10 bridgehead atoms. The Labute approximate surface area is 356 Å². The van der Waals surface area contributed by atoms with Crippen LogP contribution in [0.15, 0.2) is 0 Å². The first-order chi connectivity index (χ1) is 26.9. The second-order valence-corrected chi connectivity index (χ2v) is 24.4. The second-order valence-electron chi connectivity index (χ2n) is 24.4. The first kappa shape index (κ1) is 47.1. The van der Waals surface area contributed by atoms with Crippen LogP contribution in [0.1, 0.15) is 155 Å². The van der Waals surface area contributed by atoms with Crippen LogP contribution < -0.4 is 0 Å². The number of rotatable bonds is 0. The Morgan fingerprint density at radius 1 is 0.345 bits per heavy atom. The molecule has 0 amide bonds. The van der Waals surface area contributed by atoms with Crippen LogP contribution >= 0.6 is 0 Å². The van der Waals surface area contributed by atoms with Crippen molar-refractivity contribution < 1.29 is 23.7 Å². The van der Waals surface area contributed by atoms with Gasteiger partial charge >= 0.3 is 0 Å². The van der Waals surface area contributed by atoms with Crippen LogP contribution in [0.3, 0.4) is 0 Å². The van der Waals surface area contributed by atoms with Gasteiger partial charge in [0.15, 0.2) is 0 Å². The lowest BCUT2D eigenvalue weighted by molar-refractivity contribution is -0.133. The number of ether oxygens (including phenoxy) is 5. The van der Waals surface area contributed by atoms with E-state index in [-0.39, 0.29) is 0 Å². The lowest BCUT2D eigenvalue weighted by Crippen LogP contribution is -2.60. The fourth-order valence-electron chi connectivity index (χ4n) is 11.7. The molecular formula is C48H91N5O5. The van der Waals surface area contributed by atoms with Gasteiger partial charge in [0.2, 0.25) is 0 Å². The summed E-state index contributed by atoms with van der Waals surface area (Å²) >= 11 is 0. The van der Waals surface area contributed by atoms with Crippen LogP contribution in [-0.4, -0.2) is 179 Å².